The first-order valence-corrected chi connectivity index (χ1v) is 19.9. The molecule has 3 heterocycles. The van der Waals surface area contributed by atoms with Crippen molar-refractivity contribution in [1.29, 1.82) is 0 Å². The van der Waals surface area contributed by atoms with Crippen LogP contribution in [0.2, 0.25) is 0 Å². The molecule has 0 aliphatic carbocycles. The zero-order valence-electron chi connectivity index (χ0n) is 31.7. The molecule has 0 aromatic heterocycles. The third-order valence-corrected chi connectivity index (χ3v) is 9.38. The van der Waals surface area contributed by atoms with Gasteiger partial charge in [-0.05, 0) is 72.2 Å². The first-order valence-electron chi connectivity index (χ1n) is 19.4. The number of halogens is 1. The van der Waals surface area contributed by atoms with Crippen molar-refractivity contribution in [2.24, 2.45) is 0 Å². The summed E-state index contributed by atoms with van der Waals surface area (Å²) >= 11 is 5.71. The molecule has 4 aromatic carbocycles. The van der Waals surface area contributed by atoms with Gasteiger partial charge in [-0.1, -0.05) is 84.9 Å². The van der Waals surface area contributed by atoms with E-state index < -0.39 is 0 Å². The van der Waals surface area contributed by atoms with Crippen LogP contribution >= 0.6 is 11.6 Å². The molecule has 0 spiro atoms. The highest BCUT2D eigenvalue weighted by Crippen LogP contribution is 2.10. The number of amides is 2. The second-order valence-corrected chi connectivity index (χ2v) is 13.6. The van der Waals surface area contributed by atoms with Crippen LogP contribution in [0.15, 0.2) is 109 Å². The van der Waals surface area contributed by atoms with Gasteiger partial charge in [0.05, 0.1) is 0 Å². The van der Waals surface area contributed by atoms with Crippen molar-refractivity contribution in [2.45, 2.75) is 38.1 Å². The van der Waals surface area contributed by atoms with Crippen LogP contribution in [0, 0.1) is 0 Å². The van der Waals surface area contributed by atoms with Gasteiger partial charge in [0.2, 0.25) is 0 Å². The number of carbonyl (C=O) groups is 2. The van der Waals surface area contributed by atoms with Crippen molar-refractivity contribution in [1.82, 2.24) is 31.5 Å². The van der Waals surface area contributed by atoms with Gasteiger partial charge in [0.1, 0.15) is 0 Å². The van der Waals surface area contributed by atoms with E-state index in [1.54, 1.807) is 12.1 Å². The molecule has 3 aliphatic rings. The Morgan fingerprint density at radius 1 is 0.556 bits per heavy atom. The predicted molar refractivity (Wildman–Crippen MR) is 221 cm³/mol. The Morgan fingerprint density at radius 3 is 1.37 bits per heavy atom. The zero-order valence-corrected chi connectivity index (χ0v) is 32.4. The predicted octanol–water partition coefficient (Wildman–Crippen LogP) is 5.44. The molecule has 5 N–H and O–H groups in total. The van der Waals surface area contributed by atoms with Crippen LogP contribution in [-0.4, -0.2) is 95.4 Å². The first-order chi connectivity index (χ1) is 26.6. The Morgan fingerprint density at radius 2 is 0.981 bits per heavy atom. The number of carbonyl (C=O) groups excluding carboxylic acids is 2. The summed E-state index contributed by atoms with van der Waals surface area (Å²) in [6.45, 7) is 13.1. The molecule has 290 valence electrons. The van der Waals surface area contributed by atoms with Gasteiger partial charge >= 0.3 is 0 Å². The molecule has 3 aliphatic heterocycles. The lowest BCUT2D eigenvalue weighted by atomic mass is 10.1. The molecule has 0 saturated carbocycles. The van der Waals surface area contributed by atoms with Crippen LogP contribution in [0.1, 0.15) is 55.8 Å². The lowest BCUT2D eigenvalue weighted by Gasteiger charge is -2.27. The Labute approximate surface area is 327 Å². The maximum Gasteiger partial charge on any atom is 0.251 e. The molecular formula is C44H59ClN6O3. The number of benzene rings is 4. The van der Waals surface area contributed by atoms with E-state index in [1.807, 2.05) is 60.7 Å². The molecule has 3 saturated heterocycles. The SMILES string of the molecule is C1CCOC1.C1CNCCN1.O=C(NCCc1ccccc1)c1ccc(CCl)cc1.O=C(NCCc1ccccc1)c1ccc(CN2CCNCC2)cc1. The lowest BCUT2D eigenvalue weighted by Crippen LogP contribution is -2.42. The first kappa shape index (κ1) is 42.6. The summed E-state index contributed by atoms with van der Waals surface area (Å²) < 4.78 is 4.94. The van der Waals surface area contributed by atoms with Gasteiger partial charge in [0, 0.05) is 102 Å². The van der Waals surface area contributed by atoms with E-state index in [9.17, 15) is 9.59 Å². The van der Waals surface area contributed by atoms with Crippen LogP contribution in [-0.2, 0) is 30.0 Å². The van der Waals surface area contributed by atoms with E-state index in [1.165, 1.54) is 29.5 Å². The largest absolute Gasteiger partial charge is 0.381 e. The molecule has 9 nitrogen and oxygen atoms in total. The lowest BCUT2D eigenvalue weighted by molar-refractivity contribution is 0.0946. The smallest absolute Gasteiger partial charge is 0.251 e. The van der Waals surface area contributed by atoms with E-state index >= 15 is 0 Å². The quantitative estimate of drug-likeness (QED) is 0.130. The topological polar surface area (TPSA) is 107 Å². The highest BCUT2D eigenvalue weighted by Gasteiger charge is 2.11. The number of alkyl halides is 1. The summed E-state index contributed by atoms with van der Waals surface area (Å²) in [5.41, 5.74) is 6.14. The van der Waals surface area contributed by atoms with Gasteiger partial charge in [-0.15, -0.1) is 11.6 Å². The van der Waals surface area contributed by atoms with E-state index in [0.717, 1.165) is 96.1 Å². The second-order valence-electron chi connectivity index (χ2n) is 13.4. The van der Waals surface area contributed by atoms with E-state index in [4.69, 9.17) is 16.3 Å². The van der Waals surface area contributed by atoms with Gasteiger partial charge in [-0.2, -0.15) is 0 Å². The van der Waals surface area contributed by atoms with Gasteiger partial charge in [-0.3, -0.25) is 14.5 Å². The van der Waals surface area contributed by atoms with Gasteiger partial charge < -0.3 is 31.3 Å². The summed E-state index contributed by atoms with van der Waals surface area (Å²) in [4.78, 5) is 26.5. The number of hydrogen-bond donors (Lipinski definition) is 5. The molecule has 7 rings (SSSR count). The number of ether oxygens (including phenoxy) is 1. The Balaban J connectivity index is 0.000000190. The Kier molecular flexibility index (Phi) is 21.0. The van der Waals surface area contributed by atoms with Crippen LogP contribution < -0.4 is 26.6 Å². The Hall–Kier alpha value is -4.09. The minimum atomic E-state index is -0.0444. The number of rotatable bonds is 11. The molecule has 0 bridgehead atoms. The van der Waals surface area contributed by atoms with Gasteiger partial charge in [0.15, 0.2) is 0 Å². The van der Waals surface area contributed by atoms with Gasteiger partial charge in [0.25, 0.3) is 11.8 Å². The average molecular weight is 755 g/mol. The van der Waals surface area contributed by atoms with Crippen molar-refractivity contribution < 1.29 is 14.3 Å². The van der Waals surface area contributed by atoms with Crippen molar-refractivity contribution >= 4 is 23.4 Å². The van der Waals surface area contributed by atoms with Crippen LogP contribution in [0.4, 0.5) is 0 Å². The average Bonchev–Trinajstić information content (AvgIpc) is 3.84. The molecule has 10 heteroatoms. The third-order valence-electron chi connectivity index (χ3n) is 9.07. The van der Waals surface area contributed by atoms with Crippen molar-refractivity contribution in [3.63, 3.8) is 0 Å². The molecule has 3 fully saturated rings. The maximum absolute atomic E-state index is 12.2. The highest BCUT2D eigenvalue weighted by molar-refractivity contribution is 6.17. The van der Waals surface area contributed by atoms with E-state index in [2.05, 4.69) is 67.9 Å². The van der Waals surface area contributed by atoms with Crippen LogP contribution in [0.3, 0.4) is 0 Å². The van der Waals surface area contributed by atoms with Crippen molar-refractivity contribution in [2.75, 3.05) is 78.7 Å². The molecule has 0 radical (unpaired) electrons. The van der Waals surface area contributed by atoms with Crippen LogP contribution in [0.25, 0.3) is 0 Å². The van der Waals surface area contributed by atoms with Gasteiger partial charge in [-0.25, -0.2) is 0 Å². The maximum atomic E-state index is 12.2. The van der Waals surface area contributed by atoms with Crippen LogP contribution in [0.5, 0.6) is 0 Å². The fourth-order valence-electron chi connectivity index (χ4n) is 5.88. The zero-order chi connectivity index (χ0) is 37.9. The number of nitrogens with one attached hydrogen (secondary N) is 5. The molecule has 4 aromatic rings. The normalized spacial score (nSPS) is 15.2. The minimum Gasteiger partial charge on any atom is -0.381 e. The fraction of sp³-hybridized carbons (Fsp3) is 0.409. The standard InChI is InChI=1S/C20H25N3O.C16H16ClNO.C4H10N2.C4H8O/c24-20(22-11-10-17-4-2-1-3-5-17)19-8-6-18(7-9-19)16-23-14-12-21-13-15-23;17-12-14-6-8-15(9-7-14)16(19)18-11-10-13-4-2-1-3-5-13;1-2-6-4-3-5-1;1-2-4-5-3-1/h1-9,21H,10-16H2,(H,22,24);1-9H,10-12H2,(H,18,19);5-6H,1-4H2;1-4H2. The minimum absolute atomic E-state index is 0.000321. The molecular weight excluding hydrogens is 696 g/mol. The number of piperazine rings is 2. The highest BCUT2D eigenvalue weighted by atomic mass is 35.5. The number of nitrogens with zero attached hydrogens (tertiary/aromatic N) is 1. The second kappa shape index (κ2) is 26.6. The van der Waals surface area contributed by atoms with Crippen molar-refractivity contribution in [3.05, 3.63) is 143 Å². The molecule has 0 atom stereocenters. The fourth-order valence-corrected chi connectivity index (χ4v) is 6.06. The molecule has 2 amide bonds. The van der Waals surface area contributed by atoms with Crippen molar-refractivity contribution in [3.8, 4) is 0 Å². The molecule has 54 heavy (non-hydrogen) atoms. The summed E-state index contributed by atoms with van der Waals surface area (Å²) in [6.07, 6.45) is 4.25. The van der Waals surface area contributed by atoms with E-state index in [-0.39, 0.29) is 11.8 Å². The summed E-state index contributed by atoms with van der Waals surface area (Å²) in [6, 6.07) is 35.6. The molecule has 0 unspecified atom stereocenters. The van der Waals surface area contributed by atoms with E-state index in [0.29, 0.717) is 24.5 Å². The number of hydrogen-bond acceptors (Lipinski definition) is 7. The summed E-state index contributed by atoms with van der Waals surface area (Å²) in [7, 11) is 0. The third kappa shape index (κ3) is 17.8. The Bertz CT molecular complexity index is 1540. The monoisotopic (exact) mass is 754 g/mol. The summed E-state index contributed by atoms with van der Waals surface area (Å²) in [5.74, 6) is 0.423. The summed E-state index contributed by atoms with van der Waals surface area (Å²) in [5, 5.41) is 15.7.